The molecule has 0 saturated heterocycles. The molecule has 49 heavy (non-hydrogen) atoms. The van der Waals surface area contributed by atoms with Gasteiger partial charge in [0.2, 0.25) is 0 Å². The molecule has 2 aliphatic rings. The van der Waals surface area contributed by atoms with Crippen LogP contribution >= 0.6 is 22.7 Å². The van der Waals surface area contributed by atoms with E-state index >= 15 is 0 Å². The maximum absolute atomic E-state index is 4.92. The zero-order chi connectivity index (χ0) is 32.9. The lowest BCUT2D eigenvalue weighted by Crippen LogP contribution is -2.04. The summed E-state index contributed by atoms with van der Waals surface area (Å²) in [5, 5.41) is 12.2. The highest BCUT2D eigenvalue weighted by Gasteiger charge is 2.27. The minimum atomic E-state index is 0.893. The first kappa shape index (κ1) is 30.0. The Morgan fingerprint density at radius 1 is 0.633 bits per heavy atom. The number of pyridine rings is 4. The Kier molecular flexibility index (Phi) is 7.62. The van der Waals surface area contributed by atoms with Gasteiger partial charge in [-0.1, -0.05) is 31.2 Å². The third kappa shape index (κ3) is 5.45. The van der Waals surface area contributed by atoms with Gasteiger partial charge in [0, 0.05) is 45.7 Å². The summed E-state index contributed by atoms with van der Waals surface area (Å²) < 4.78 is 4.08. The first-order valence-electron chi connectivity index (χ1n) is 16.9. The second kappa shape index (κ2) is 12.4. The maximum atomic E-state index is 4.92. The third-order valence-electron chi connectivity index (χ3n) is 9.33. The lowest BCUT2D eigenvalue weighted by atomic mass is 10.1. The number of aryl methyl sites for hydroxylation is 4. The second-order valence-corrected chi connectivity index (χ2v) is 14.6. The number of thiophene rings is 2. The van der Waals surface area contributed by atoms with Crippen molar-refractivity contribution >= 4 is 43.1 Å². The van der Waals surface area contributed by atoms with Crippen LogP contribution in [-0.2, 0) is 32.1 Å². The van der Waals surface area contributed by atoms with Crippen LogP contribution in [0.25, 0.3) is 53.2 Å². The summed E-state index contributed by atoms with van der Waals surface area (Å²) in [7, 11) is 0. The zero-order valence-corrected chi connectivity index (χ0v) is 29.1. The molecule has 0 amide bonds. The molecule has 8 heterocycles. The van der Waals surface area contributed by atoms with Gasteiger partial charge >= 0.3 is 0 Å². The van der Waals surface area contributed by atoms with Gasteiger partial charge in [0.25, 0.3) is 0 Å². The van der Waals surface area contributed by atoms with E-state index in [4.69, 9.17) is 15.2 Å². The van der Waals surface area contributed by atoms with Crippen molar-refractivity contribution in [1.82, 2.24) is 39.5 Å². The van der Waals surface area contributed by atoms with Crippen LogP contribution in [0.3, 0.4) is 0 Å². The molecule has 0 bridgehead atoms. The molecule has 0 N–H and O–H groups in total. The molecule has 0 spiro atoms. The monoisotopic (exact) mass is 678 g/mol. The van der Waals surface area contributed by atoms with Crippen molar-refractivity contribution in [2.75, 3.05) is 0 Å². The summed E-state index contributed by atoms with van der Waals surface area (Å²) in [5.41, 5.74) is 9.71. The molecule has 0 unspecified atom stereocenters. The summed E-state index contributed by atoms with van der Waals surface area (Å²) in [6, 6.07) is 25.0. The first-order valence-corrected chi connectivity index (χ1v) is 18.6. The molecule has 0 aromatic carbocycles. The van der Waals surface area contributed by atoms with E-state index in [1.165, 1.54) is 67.3 Å². The average molecular weight is 679 g/mol. The molecular formula is C39H34N8S2. The summed E-state index contributed by atoms with van der Waals surface area (Å²) in [6.45, 7) is 4.15. The van der Waals surface area contributed by atoms with Crippen LogP contribution in [-0.4, -0.2) is 39.5 Å². The maximum Gasteiger partial charge on any atom is 0.154 e. The van der Waals surface area contributed by atoms with E-state index in [0.717, 1.165) is 64.8 Å². The molecule has 0 saturated carbocycles. The minimum Gasteiger partial charge on any atom is -0.245 e. The Balaban J connectivity index is 0.000000133. The normalized spacial score (nSPS) is 13.5. The Bertz CT molecular complexity index is 2420. The van der Waals surface area contributed by atoms with Gasteiger partial charge < -0.3 is 0 Å². The van der Waals surface area contributed by atoms with E-state index in [2.05, 4.69) is 64.3 Å². The Morgan fingerprint density at radius 3 is 1.71 bits per heavy atom. The van der Waals surface area contributed by atoms with Gasteiger partial charge in [-0.2, -0.15) is 10.2 Å². The minimum absolute atomic E-state index is 0.893. The number of aromatic nitrogens is 8. The first-order chi connectivity index (χ1) is 24.1. The SMILES string of the molecule is CCc1cccc(-n2nc3c(c2-c2cc4cccnc4s2)CCC3)n1.Cc1cccc(-n2nc3c(c2-c2cc4cccnc4s2)CCC3)n1. The molecule has 8 aromatic heterocycles. The molecule has 8 nitrogen and oxygen atoms in total. The third-order valence-corrected chi connectivity index (χ3v) is 11.5. The highest BCUT2D eigenvalue weighted by Crippen LogP contribution is 2.40. The predicted molar refractivity (Wildman–Crippen MR) is 198 cm³/mol. The molecule has 8 aromatic rings. The quantitative estimate of drug-likeness (QED) is 0.181. The van der Waals surface area contributed by atoms with Crippen LogP contribution in [0.15, 0.2) is 85.2 Å². The number of hydrogen-bond acceptors (Lipinski definition) is 8. The van der Waals surface area contributed by atoms with Gasteiger partial charge in [0.05, 0.1) is 32.5 Å². The fraction of sp³-hybridized carbons (Fsp3) is 0.231. The Morgan fingerprint density at radius 2 is 1.18 bits per heavy atom. The topological polar surface area (TPSA) is 87.2 Å². The lowest BCUT2D eigenvalue weighted by molar-refractivity contribution is 0.785. The Hall–Kier alpha value is -5.06. The van der Waals surface area contributed by atoms with Gasteiger partial charge in [-0.15, -0.1) is 22.7 Å². The highest BCUT2D eigenvalue weighted by molar-refractivity contribution is 7.22. The van der Waals surface area contributed by atoms with E-state index < -0.39 is 0 Å². The summed E-state index contributed by atoms with van der Waals surface area (Å²) in [4.78, 5) is 23.1. The van der Waals surface area contributed by atoms with Crippen molar-refractivity contribution in [2.24, 2.45) is 0 Å². The van der Waals surface area contributed by atoms with Gasteiger partial charge in [-0.05, 0) is 100 Å². The summed E-state index contributed by atoms with van der Waals surface area (Å²) in [6.07, 6.45) is 11.3. The fourth-order valence-electron chi connectivity index (χ4n) is 7.03. The molecule has 0 radical (unpaired) electrons. The second-order valence-electron chi connectivity index (χ2n) is 12.6. The number of nitrogens with zero attached hydrogens (tertiary/aromatic N) is 8. The average Bonchev–Trinajstić information content (AvgIpc) is 3.97. The fourth-order valence-corrected chi connectivity index (χ4v) is 9.15. The van der Waals surface area contributed by atoms with E-state index in [1.54, 1.807) is 22.7 Å². The number of rotatable bonds is 5. The highest BCUT2D eigenvalue weighted by atomic mass is 32.1. The van der Waals surface area contributed by atoms with Gasteiger partial charge in [-0.25, -0.2) is 29.3 Å². The van der Waals surface area contributed by atoms with Crippen molar-refractivity contribution in [3.63, 3.8) is 0 Å². The van der Waals surface area contributed by atoms with Crippen molar-refractivity contribution in [3.05, 3.63) is 119 Å². The molecular weight excluding hydrogens is 645 g/mol. The predicted octanol–water partition coefficient (Wildman–Crippen LogP) is 8.94. The summed E-state index contributed by atoms with van der Waals surface area (Å²) in [5.74, 6) is 1.80. The molecule has 0 atom stereocenters. The standard InChI is InChI=1S/C20H18N4S.C19H16N4S/c1-2-14-7-3-10-18(22-14)24-19(15-8-4-9-16(15)23-24)17-12-13-6-5-11-21-20(13)25-17;1-12-5-2-9-17(21-12)23-18(14-7-3-8-15(14)22-23)16-11-13-6-4-10-20-19(13)24-16/h3,5-7,10-12H,2,4,8-9H2,1H3;2,4-6,9-11H,3,7-8H2,1H3. The van der Waals surface area contributed by atoms with Crippen molar-refractivity contribution < 1.29 is 0 Å². The summed E-state index contributed by atoms with van der Waals surface area (Å²) >= 11 is 3.47. The van der Waals surface area contributed by atoms with E-state index in [9.17, 15) is 0 Å². The van der Waals surface area contributed by atoms with Crippen LogP contribution in [0.1, 0.15) is 53.7 Å². The van der Waals surface area contributed by atoms with Crippen LogP contribution < -0.4 is 0 Å². The van der Waals surface area contributed by atoms with Crippen LogP contribution in [0.5, 0.6) is 0 Å². The molecule has 0 aliphatic heterocycles. The molecule has 10 rings (SSSR count). The van der Waals surface area contributed by atoms with E-state index in [-0.39, 0.29) is 0 Å². The molecule has 0 fully saturated rings. The van der Waals surface area contributed by atoms with Crippen LogP contribution in [0, 0.1) is 6.92 Å². The van der Waals surface area contributed by atoms with Gasteiger partial charge in [0.15, 0.2) is 11.6 Å². The lowest BCUT2D eigenvalue weighted by Gasteiger charge is -2.08. The number of fused-ring (bicyclic) bond motifs is 4. The van der Waals surface area contributed by atoms with Crippen molar-refractivity contribution in [2.45, 2.75) is 58.8 Å². The number of hydrogen-bond donors (Lipinski definition) is 0. The van der Waals surface area contributed by atoms with Gasteiger partial charge in [-0.3, -0.25) is 0 Å². The van der Waals surface area contributed by atoms with E-state index in [0.29, 0.717) is 0 Å². The largest absolute Gasteiger partial charge is 0.245 e. The van der Waals surface area contributed by atoms with Gasteiger partial charge in [0.1, 0.15) is 9.66 Å². The molecule has 242 valence electrons. The van der Waals surface area contributed by atoms with Crippen molar-refractivity contribution in [3.8, 4) is 32.8 Å². The van der Waals surface area contributed by atoms with Crippen LogP contribution in [0.2, 0.25) is 0 Å². The van der Waals surface area contributed by atoms with Crippen molar-refractivity contribution in [1.29, 1.82) is 0 Å². The molecule has 10 heteroatoms. The molecule has 2 aliphatic carbocycles. The smallest absolute Gasteiger partial charge is 0.154 e. The van der Waals surface area contributed by atoms with E-state index in [1.807, 2.05) is 59.0 Å². The zero-order valence-electron chi connectivity index (χ0n) is 27.4. The van der Waals surface area contributed by atoms with Crippen LogP contribution in [0.4, 0.5) is 0 Å². The Labute approximate surface area is 292 Å².